The van der Waals surface area contributed by atoms with Gasteiger partial charge in [0.05, 0.1) is 10.0 Å². The minimum atomic E-state index is -1.12. The molecular weight excluding hydrogens is 322 g/mol. The number of hydrogen-bond donors (Lipinski definition) is 2. The van der Waals surface area contributed by atoms with Crippen molar-refractivity contribution in [3.05, 3.63) is 28.0 Å². The average Bonchev–Trinajstić information content (AvgIpc) is 2.33. The molecule has 1 aromatic rings. The smallest absolute Gasteiger partial charge is 0.323 e. The highest BCUT2D eigenvalue weighted by Gasteiger charge is 2.19. The molecule has 0 atom stereocenters. The van der Waals surface area contributed by atoms with E-state index in [1.807, 2.05) is 13.8 Å². The molecule has 1 rings (SSSR count). The van der Waals surface area contributed by atoms with Crippen LogP contribution in [-0.2, 0) is 4.79 Å². The second-order valence-corrected chi connectivity index (χ2v) is 5.67. The fourth-order valence-electron chi connectivity index (χ4n) is 1.65. The van der Waals surface area contributed by atoms with Gasteiger partial charge in [-0.25, -0.2) is 9.18 Å². The number of carboxylic acids is 1. The highest BCUT2D eigenvalue weighted by molar-refractivity contribution is 6.35. The maximum Gasteiger partial charge on any atom is 0.323 e. The molecule has 8 heteroatoms. The van der Waals surface area contributed by atoms with Crippen molar-refractivity contribution >= 4 is 40.9 Å². The topological polar surface area (TPSA) is 69.6 Å². The average molecular weight is 337 g/mol. The lowest BCUT2D eigenvalue weighted by molar-refractivity contribution is -0.137. The minimum Gasteiger partial charge on any atom is -0.480 e. The summed E-state index contributed by atoms with van der Waals surface area (Å²) >= 11 is 11.3. The van der Waals surface area contributed by atoms with Crippen LogP contribution in [0.15, 0.2) is 12.1 Å². The normalized spacial score (nSPS) is 10.6. The van der Waals surface area contributed by atoms with Gasteiger partial charge in [0.2, 0.25) is 0 Å². The molecule has 21 heavy (non-hydrogen) atoms. The molecule has 0 aromatic heterocycles. The van der Waals surface area contributed by atoms with E-state index in [4.69, 9.17) is 28.3 Å². The molecule has 0 fully saturated rings. The van der Waals surface area contributed by atoms with Gasteiger partial charge in [0.25, 0.3) is 0 Å². The van der Waals surface area contributed by atoms with Gasteiger partial charge in [0.15, 0.2) is 5.82 Å². The summed E-state index contributed by atoms with van der Waals surface area (Å²) in [4.78, 5) is 24.0. The number of amides is 2. The molecule has 0 unspecified atom stereocenters. The zero-order chi connectivity index (χ0) is 16.2. The van der Waals surface area contributed by atoms with Gasteiger partial charge in [-0.3, -0.25) is 4.79 Å². The summed E-state index contributed by atoms with van der Waals surface area (Å²) < 4.78 is 13.3. The predicted molar refractivity (Wildman–Crippen MR) is 79.5 cm³/mol. The van der Waals surface area contributed by atoms with Crippen molar-refractivity contribution in [2.75, 3.05) is 18.4 Å². The van der Waals surface area contributed by atoms with Crippen LogP contribution in [0.5, 0.6) is 0 Å². The van der Waals surface area contributed by atoms with Crippen LogP contribution in [0, 0.1) is 11.7 Å². The van der Waals surface area contributed by atoms with E-state index in [0.717, 1.165) is 4.90 Å². The Bertz CT molecular complexity index is 529. The number of carbonyl (C=O) groups excluding carboxylic acids is 1. The van der Waals surface area contributed by atoms with Crippen LogP contribution in [0.2, 0.25) is 10.0 Å². The molecule has 116 valence electrons. The molecule has 0 saturated carbocycles. The summed E-state index contributed by atoms with van der Waals surface area (Å²) in [6.07, 6.45) is 0. The standard InChI is InChI=1S/C13H15Cl2FN2O3/c1-7(2)5-18(6-11(19)20)13(21)17-8-3-9(14)12(16)10(15)4-8/h3-4,7H,5-6H2,1-2H3,(H,17,21)(H,19,20). The van der Waals surface area contributed by atoms with E-state index in [-0.39, 0.29) is 28.2 Å². The van der Waals surface area contributed by atoms with Gasteiger partial charge in [-0.1, -0.05) is 37.0 Å². The van der Waals surface area contributed by atoms with Crippen molar-refractivity contribution in [3.63, 3.8) is 0 Å². The molecule has 1 aromatic carbocycles. The third kappa shape index (κ3) is 5.40. The monoisotopic (exact) mass is 336 g/mol. The Morgan fingerprint density at radius 2 is 1.86 bits per heavy atom. The first kappa shape index (κ1) is 17.5. The molecular formula is C13H15Cl2FN2O3. The third-order valence-electron chi connectivity index (χ3n) is 2.43. The summed E-state index contributed by atoms with van der Waals surface area (Å²) in [5.41, 5.74) is 0.190. The van der Waals surface area contributed by atoms with Gasteiger partial charge < -0.3 is 15.3 Å². The van der Waals surface area contributed by atoms with Gasteiger partial charge in [0, 0.05) is 12.2 Å². The lowest BCUT2D eigenvalue weighted by atomic mass is 10.2. The maximum absolute atomic E-state index is 13.3. The van der Waals surface area contributed by atoms with Crippen LogP contribution in [0.3, 0.4) is 0 Å². The highest BCUT2D eigenvalue weighted by Crippen LogP contribution is 2.27. The number of halogens is 3. The van der Waals surface area contributed by atoms with Gasteiger partial charge >= 0.3 is 12.0 Å². The van der Waals surface area contributed by atoms with Crippen LogP contribution < -0.4 is 5.32 Å². The number of hydrogen-bond acceptors (Lipinski definition) is 2. The number of anilines is 1. The van der Waals surface area contributed by atoms with Gasteiger partial charge in [-0.15, -0.1) is 0 Å². The number of aliphatic carboxylic acids is 1. The highest BCUT2D eigenvalue weighted by atomic mass is 35.5. The Hall–Kier alpha value is -1.53. The van der Waals surface area contributed by atoms with Crippen molar-refractivity contribution in [1.82, 2.24) is 4.90 Å². The van der Waals surface area contributed by atoms with Gasteiger partial charge in [0.1, 0.15) is 6.54 Å². The largest absolute Gasteiger partial charge is 0.480 e. The van der Waals surface area contributed by atoms with Crippen molar-refractivity contribution in [3.8, 4) is 0 Å². The van der Waals surface area contributed by atoms with Crippen LogP contribution >= 0.6 is 23.2 Å². The SMILES string of the molecule is CC(C)CN(CC(=O)O)C(=O)Nc1cc(Cl)c(F)c(Cl)c1. The van der Waals surface area contributed by atoms with E-state index >= 15 is 0 Å². The molecule has 0 heterocycles. The van der Waals surface area contributed by atoms with Crippen LogP contribution in [0.25, 0.3) is 0 Å². The summed E-state index contributed by atoms with van der Waals surface area (Å²) in [5, 5.41) is 10.8. The minimum absolute atomic E-state index is 0.0930. The second kappa shape index (κ2) is 7.47. The number of benzene rings is 1. The first-order valence-corrected chi connectivity index (χ1v) is 6.88. The molecule has 0 radical (unpaired) electrons. The molecule has 5 nitrogen and oxygen atoms in total. The number of rotatable bonds is 5. The van der Waals surface area contributed by atoms with Crippen molar-refractivity contribution < 1.29 is 19.1 Å². The van der Waals surface area contributed by atoms with Gasteiger partial charge in [-0.2, -0.15) is 0 Å². The second-order valence-electron chi connectivity index (χ2n) is 4.85. The summed E-state index contributed by atoms with van der Waals surface area (Å²) in [6.45, 7) is 3.54. The van der Waals surface area contributed by atoms with Crippen molar-refractivity contribution in [2.24, 2.45) is 5.92 Å². The van der Waals surface area contributed by atoms with E-state index in [9.17, 15) is 14.0 Å². The Kier molecular flexibility index (Phi) is 6.23. The quantitative estimate of drug-likeness (QED) is 0.805. The van der Waals surface area contributed by atoms with E-state index in [0.29, 0.717) is 0 Å². The van der Waals surface area contributed by atoms with Gasteiger partial charge in [-0.05, 0) is 18.1 Å². The first-order chi connectivity index (χ1) is 9.70. The number of nitrogens with zero attached hydrogens (tertiary/aromatic N) is 1. The molecule has 0 spiro atoms. The maximum atomic E-state index is 13.3. The molecule has 0 aliphatic carbocycles. The van der Waals surface area contributed by atoms with Crippen LogP contribution in [0.1, 0.15) is 13.8 Å². The summed E-state index contributed by atoms with van der Waals surface area (Å²) in [7, 11) is 0. The Labute approximate surface area is 131 Å². The van der Waals surface area contributed by atoms with E-state index < -0.39 is 24.4 Å². The van der Waals surface area contributed by atoms with Crippen molar-refractivity contribution in [1.29, 1.82) is 0 Å². The third-order valence-corrected chi connectivity index (χ3v) is 2.98. The van der Waals surface area contributed by atoms with E-state index in [1.165, 1.54) is 12.1 Å². The molecule has 2 amide bonds. The summed E-state index contributed by atoms with van der Waals surface area (Å²) in [6, 6.07) is 1.79. The fourth-order valence-corrected chi connectivity index (χ4v) is 2.14. The van der Waals surface area contributed by atoms with E-state index in [1.54, 1.807) is 0 Å². The number of carbonyl (C=O) groups is 2. The molecule has 2 N–H and O–H groups in total. The Balaban J connectivity index is 2.88. The first-order valence-electron chi connectivity index (χ1n) is 6.13. The number of carboxylic acid groups (broad SMARTS) is 1. The van der Waals surface area contributed by atoms with Crippen LogP contribution in [0.4, 0.5) is 14.9 Å². The summed E-state index contributed by atoms with van der Waals surface area (Å²) in [5.74, 6) is -1.81. The predicted octanol–water partition coefficient (Wildman–Crippen LogP) is 3.71. The number of urea groups is 1. The molecule has 0 aliphatic rings. The Morgan fingerprint density at radius 3 is 2.29 bits per heavy atom. The lowest BCUT2D eigenvalue weighted by Gasteiger charge is -2.23. The Morgan fingerprint density at radius 1 is 1.33 bits per heavy atom. The molecule has 0 bridgehead atoms. The van der Waals surface area contributed by atoms with E-state index in [2.05, 4.69) is 5.32 Å². The molecule has 0 saturated heterocycles. The fraction of sp³-hybridized carbons (Fsp3) is 0.385. The zero-order valence-electron chi connectivity index (χ0n) is 11.5. The van der Waals surface area contributed by atoms with Crippen LogP contribution in [-0.4, -0.2) is 35.1 Å². The zero-order valence-corrected chi connectivity index (χ0v) is 13.0. The number of nitrogens with one attached hydrogen (secondary N) is 1. The molecule has 0 aliphatic heterocycles. The lowest BCUT2D eigenvalue weighted by Crippen LogP contribution is -2.40. The van der Waals surface area contributed by atoms with Crippen molar-refractivity contribution in [2.45, 2.75) is 13.8 Å².